The van der Waals surface area contributed by atoms with Crippen molar-refractivity contribution in [2.24, 2.45) is 34.5 Å². The van der Waals surface area contributed by atoms with Crippen molar-refractivity contribution in [3.8, 4) is 5.75 Å². The second kappa shape index (κ2) is 10.9. The number of rotatable bonds is 8. The topological polar surface area (TPSA) is 58.6 Å². The number of carbonyl (C=O) groups is 1. The molecule has 5 unspecified atom stereocenters. The van der Waals surface area contributed by atoms with Gasteiger partial charge in [-0.15, -0.1) is 0 Å². The normalized spacial score (nSPS) is 39.9. The molecule has 2 N–H and O–H groups in total. The Morgan fingerprint density at radius 3 is 2.71 bits per heavy atom. The number of hydrogen-bond donors (Lipinski definition) is 2. The molecule has 0 spiro atoms. The number of ketones is 1. The third kappa shape index (κ3) is 4.76. The first-order chi connectivity index (χ1) is 18.4. The first kappa shape index (κ1) is 26.8. The number of fused-ring (bicyclic) bond motifs is 5. The van der Waals surface area contributed by atoms with Crippen LogP contribution in [0.3, 0.4) is 0 Å². The van der Waals surface area contributed by atoms with Crippen LogP contribution in [-0.4, -0.2) is 29.6 Å². The minimum atomic E-state index is -0.193. The monoisotopic (exact) mass is 521 g/mol. The van der Waals surface area contributed by atoms with Gasteiger partial charge in [0, 0.05) is 30.3 Å². The average molecular weight is 522 g/mol. The number of ether oxygens (including phenoxy) is 1. The van der Waals surface area contributed by atoms with Crippen molar-refractivity contribution in [3.63, 3.8) is 0 Å². The molecule has 210 valence electrons. The van der Waals surface area contributed by atoms with Crippen molar-refractivity contribution in [2.45, 2.75) is 128 Å². The molecule has 8 atom stereocenters. The van der Waals surface area contributed by atoms with Crippen LogP contribution in [-0.2, 0) is 4.79 Å². The molecule has 0 aromatic heterocycles. The summed E-state index contributed by atoms with van der Waals surface area (Å²) in [5.74, 6) is 4.12. The molecule has 0 aliphatic heterocycles. The van der Waals surface area contributed by atoms with Crippen LogP contribution in [0.1, 0.15) is 122 Å². The summed E-state index contributed by atoms with van der Waals surface area (Å²) in [5.41, 5.74) is 1.68. The molecule has 4 heteroatoms. The Morgan fingerprint density at radius 1 is 1.05 bits per heavy atom. The minimum Gasteiger partial charge on any atom is -0.494 e. The van der Waals surface area contributed by atoms with E-state index in [1.165, 1.54) is 56.9 Å². The molecule has 1 aromatic carbocycles. The summed E-state index contributed by atoms with van der Waals surface area (Å²) >= 11 is 0. The van der Waals surface area contributed by atoms with E-state index in [1.54, 1.807) is 0 Å². The minimum absolute atomic E-state index is 0.0163. The molecule has 0 saturated heterocycles. The number of aliphatic hydroxyl groups excluding tert-OH is 1. The number of hydrogen-bond acceptors (Lipinski definition) is 4. The van der Waals surface area contributed by atoms with Crippen LogP contribution in [0, 0.1) is 34.5 Å². The van der Waals surface area contributed by atoms with Crippen molar-refractivity contribution in [1.82, 2.24) is 5.32 Å². The predicted octanol–water partition coefficient (Wildman–Crippen LogP) is 7.39. The standard InChI is InChI=1S/C34H51NO3/c1-3-31(35-25-8-4-5-9-25)23-7-6-10-27(21-23)38-20-19-34-18-16-29-28(30(34)13-14-32(34)37)12-11-24-22-26(36)15-17-33(24,29)2/h6-7,10,21,24-25,28-32,35,37H,3-5,8-9,11-20,22H2,1-2H3/t24?,28?,29?,30?,31?,32-,33-,34+/m0/s1. The van der Waals surface area contributed by atoms with Gasteiger partial charge in [0.05, 0.1) is 12.7 Å². The second-order valence-corrected chi connectivity index (χ2v) is 14.0. The van der Waals surface area contributed by atoms with E-state index in [9.17, 15) is 9.90 Å². The lowest BCUT2D eigenvalue weighted by molar-refractivity contribution is -0.145. The Morgan fingerprint density at radius 2 is 1.89 bits per heavy atom. The summed E-state index contributed by atoms with van der Waals surface area (Å²) in [6.07, 6.45) is 16.8. The summed E-state index contributed by atoms with van der Waals surface area (Å²) in [5, 5.41) is 15.3. The number of Topliss-reactive ketones (excluding diaryl/α,β-unsaturated/α-hetero) is 1. The summed E-state index contributed by atoms with van der Waals surface area (Å²) in [4.78, 5) is 12.2. The highest BCUT2D eigenvalue weighted by atomic mass is 16.5. The van der Waals surface area contributed by atoms with Crippen LogP contribution in [0.15, 0.2) is 24.3 Å². The van der Waals surface area contributed by atoms with Crippen molar-refractivity contribution >= 4 is 5.78 Å². The van der Waals surface area contributed by atoms with Crippen molar-refractivity contribution in [2.75, 3.05) is 6.61 Å². The first-order valence-electron chi connectivity index (χ1n) is 16.1. The number of nitrogens with one attached hydrogen (secondary N) is 1. The van der Waals surface area contributed by atoms with Crippen molar-refractivity contribution in [1.29, 1.82) is 0 Å². The molecule has 5 aliphatic rings. The largest absolute Gasteiger partial charge is 0.494 e. The fourth-order valence-corrected chi connectivity index (χ4v) is 10.3. The highest BCUT2D eigenvalue weighted by Crippen LogP contribution is 2.66. The zero-order valence-corrected chi connectivity index (χ0v) is 23.9. The van der Waals surface area contributed by atoms with Gasteiger partial charge >= 0.3 is 0 Å². The van der Waals surface area contributed by atoms with E-state index in [4.69, 9.17) is 4.74 Å². The fourth-order valence-electron chi connectivity index (χ4n) is 10.3. The van der Waals surface area contributed by atoms with E-state index in [2.05, 4.69) is 43.4 Å². The van der Waals surface area contributed by atoms with Gasteiger partial charge < -0.3 is 15.2 Å². The van der Waals surface area contributed by atoms with Crippen molar-refractivity contribution in [3.05, 3.63) is 29.8 Å². The summed E-state index contributed by atoms with van der Waals surface area (Å²) < 4.78 is 6.44. The molecule has 4 nitrogen and oxygen atoms in total. The SMILES string of the molecule is CCC(NC1CCCC1)c1cccc(OCC[C@]23CCC4C(CCC5CC(=O)CC[C@@]54C)C2CC[C@@H]3O)c1. The Labute approximate surface area is 230 Å². The van der Waals surface area contributed by atoms with E-state index in [0.717, 1.165) is 56.6 Å². The van der Waals surface area contributed by atoms with Gasteiger partial charge in [0.25, 0.3) is 0 Å². The molecular formula is C34H51NO3. The number of carbonyl (C=O) groups excluding carboxylic acids is 1. The molecule has 0 heterocycles. The predicted molar refractivity (Wildman–Crippen MR) is 152 cm³/mol. The second-order valence-electron chi connectivity index (χ2n) is 14.0. The third-order valence-corrected chi connectivity index (χ3v) is 12.4. The Hall–Kier alpha value is -1.39. The smallest absolute Gasteiger partial charge is 0.133 e. The molecular weight excluding hydrogens is 470 g/mol. The number of benzene rings is 1. The van der Waals surface area contributed by atoms with Gasteiger partial charge in [-0.1, -0.05) is 38.8 Å². The molecule has 1 aromatic rings. The van der Waals surface area contributed by atoms with E-state index >= 15 is 0 Å². The molecule has 5 saturated carbocycles. The van der Waals surface area contributed by atoms with Gasteiger partial charge in [-0.25, -0.2) is 0 Å². The molecule has 0 radical (unpaired) electrons. The van der Waals surface area contributed by atoms with Gasteiger partial charge in [0.2, 0.25) is 0 Å². The Balaban J connectivity index is 1.11. The molecule has 5 aliphatic carbocycles. The van der Waals surface area contributed by atoms with E-state index < -0.39 is 0 Å². The molecule has 5 fully saturated rings. The third-order valence-electron chi connectivity index (χ3n) is 12.4. The van der Waals surface area contributed by atoms with Gasteiger partial charge in [-0.3, -0.25) is 4.79 Å². The van der Waals surface area contributed by atoms with E-state index in [0.29, 0.717) is 47.6 Å². The lowest BCUT2D eigenvalue weighted by atomic mass is 9.44. The van der Waals surface area contributed by atoms with Gasteiger partial charge in [-0.2, -0.15) is 0 Å². The molecule has 6 rings (SSSR count). The van der Waals surface area contributed by atoms with Crippen LogP contribution in [0.5, 0.6) is 5.75 Å². The maximum absolute atomic E-state index is 12.2. The summed E-state index contributed by atoms with van der Waals surface area (Å²) in [6.45, 7) is 5.48. The van der Waals surface area contributed by atoms with Gasteiger partial charge in [0.15, 0.2) is 0 Å². The highest BCUT2D eigenvalue weighted by Gasteiger charge is 2.61. The van der Waals surface area contributed by atoms with Crippen LogP contribution >= 0.6 is 0 Å². The Kier molecular flexibility index (Phi) is 7.68. The van der Waals surface area contributed by atoms with Crippen molar-refractivity contribution < 1.29 is 14.6 Å². The van der Waals surface area contributed by atoms with E-state index in [-0.39, 0.29) is 11.5 Å². The average Bonchev–Trinajstić information content (AvgIpc) is 3.56. The maximum atomic E-state index is 12.2. The summed E-state index contributed by atoms with van der Waals surface area (Å²) in [7, 11) is 0. The van der Waals surface area contributed by atoms with Crippen LogP contribution in [0.25, 0.3) is 0 Å². The first-order valence-corrected chi connectivity index (χ1v) is 16.1. The quantitative estimate of drug-likeness (QED) is 0.374. The Bertz CT molecular complexity index is 988. The molecule has 0 amide bonds. The zero-order valence-electron chi connectivity index (χ0n) is 23.9. The zero-order chi connectivity index (χ0) is 26.3. The lowest BCUT2D eigenvalue weighted by Crippen LogP contribution is -2.55. The maximum Gasteiger partial charge on any atom is 0.133 e. The summed E-state index contributed by atoms with van der Waals surface area (Å²) in [6, 6.07) is 9.80. The van der Waals surface area contributed by atoms with Crippen LogP contribution in [0.2, 0.25) is 0 Å². The highest BCUT2D eigenvalue weighted by molar-refractivity contribution is 5.79. The van der Waals surface area contributed by atoms with Gasteiger partial charge in [0.1, 0.15) is 11.5 Å². The number of aliphatic hydroxyl groups is 1. The van der Waals surface area contributed by atoms with Gasteiger partial charge in [-0.05, 0) is 117 Å². The van der Waals surface area contributed by atoms with E-state index in [1.807, 2.05) is 0 Å². The van der Waals surface area contributed by atoms with Crippen LogP contribution in [0.4, 0.5) is 0 Å². The van der Waals surface area contributed by atoms with Crippen LogP contribution < -0.4 is 10.1 Å². The molecule has 38 heavy (non-hydrogen) atoms. The molecule has 0 bridgehead atoms. The lowest BCUT2D eigenvalue weighted by Gasteiger charge is -2.60. The fraction of sp³-hybridized carbons (Fsp3) is 0.794.